The predicted octanol–water partition coefficient (Wildman–Crippen LogP) is 3.24. The van der Waals surface area contributed by atoms with Crippen LogP contribution >= 0.6 is 11.6 Å². The second kappa shape index (κ2) is 8.78. The van der Waals surface area contributed by atoms with E-state index >= 15 is 0 Å². The zero-order valence-electron chi connectivity index (χ0n) is 14.6. The Morgan fingerprint density at radius 2 is 1.92 bits per heavy atom. The number of halogens is 1. The zero-order valence-corrected chi connectivity index (χ0v) is 15.4. The highest BCUT2D eigenvalue weighted by atomic mass is 35.5. The van der Waals surface area contributed by atoms with Crippen molar-refractivity contribution in [2.75, 3.05) is 55.5 Å². The molecule has 0 saturated carbocycles. The van der Waals surface area contributed by atoms with E-state index in [4.69, 9.17) is 21.1 Å². The molecule has 1 fully saturated rings. The van der Waals surface area contributed by atoms with Crippen LogP contribution in [0.4, 0.5) is 17.1 Å². The minimum Gasteiger partial charge on any atom is -0.493 e. The van der Waals surface area contributed by atoms with E-state index in [9.17, 15) is 4.79 Å². The molecule has 0 unspecified atom stereocenters. The Balaban J connectivity index is 1.54. The van der Waals surface area contributed by atoms with E-state index in [2.05, 4.69) is 15.5 Å². The molecular weight excluding hydrogens is 354 g/mol. The van der Waals surface area contributed by atoms with Crippen LogP contribution in [0.15, 0.2) is 42.5 Å². The molecule has 0 atom stereocenters. The van der Waals surface area contributed by atoms with Gasteiger partial charge in [-0.3, -0.25) is 4.79 Å². The maximum atomic E-state index is 12.2. The average molecular weight is 376 g/mol. The smallest absolute Gasteiger partial charge is 0.243 e. The summed E-state index contributed by atoms with van der Waals surface area (Å²) in [5.74, 6) is 0.378. The summed E-state index contributed by atoms with van der Waals surface area (Å²) >= 11 is 6.08. The van der Waals surface area contributed by atoms with Crippen molar-refractivity contribution in [3.63, 3.8) is 0 Å². The number of hydrogen-bond acceptors (Lipinski definition) is 5. The number of methoxy groups -OCH3 is 1. The number of amides is 1. The van der Waals surface area contributed by atoms with E-state index in [-0.39, 0.29) is 12.5 Å². The normalized spacial score (nSPS) is 14.0. The molecule has 2 aromatic rings. The van der Waals surface area contributed by atoms with Crippen LogP contribution in [0.3, 0.4) is 0 Å². The largest absolute Gasteiger partial charge is 0.493 e. The summed E-state index contributed by atoms with van der Waals surface area (Å²) in [6.07, 6.45) is 0. The van der Waals surface area contributed by atoms with E-state index in [1.54, 1.807) is 19.2 Å². The molecule has 1 saturated heterocycles. The Morgan fingerprint density at radius 1 is 1.19 bits per heavy atom. The number of carbonyl (C=O) groups is 1. The summed E-state index contributed by atoms with van der Waals surface area (Å²) in [4.78, 5) is 14.4. The highest BCUT2D eigenvalue weighted by Crippen LogP contribution is 2.32. The van der Waals surface area contributed by atoms with Crippen molar-refractivity contribution in [2.45, 2.75) is 0 Å². The molecule has 2 aromatic carbocycles. The number of benzene rings is 2. The van der Waals surface area contributed by atoms with Gasteiger partial charge in [-0.1, -0.05) is 17.7 Å². The standard InChI is InChI=1S/C19H22ClN3O3/c1-25-19-16(20)3-2-4-17(19)21-13-18(24)22-14-5-7-15(8-6-14)23-9-11-26-12-10-23/h2-8,21H,9-13H2,1H3,(H,22,24). The molecule has 1 heterocycles. The van der Waals surface area contributed by atoms with Gasteiger partial charge < -0.3 is 25.0 Å². The molecule has 0 aromatic heterocycles. The van der Waals surface area contributed by atoms with Gasteiger partial charge in [-0.2, -0.15) is 0 Å². The van der Waals surface area contributed by atoms with Crippen LogP contribution < -0.4 is 20.3 Å². The summed E-state index contributed by atoms with van der Waals surface area (Å²) in [5, 5.41) is 6.42. The van der Waals surface area contributed by atoms with Gasteiger partial charge in [0.25, 0.3) is 0 Å². The van der Waals surface area contributed by atoms with Crippen LogP contribution in [0.25, 0.3) is 0 Å². The SMILES string of the molecule is COc1c(Cl)cccc1NCC(=O)Nc1ccc(N2CCOCC2)cc1. The van der Waals surface area contributed by atoms with Crippen LogP contribution in [0.5, 0.6) is 5.75 Å². The fraction of sp³-hybridized carbons (Fsp3) is 0.316. The third-order valence-electron chi connectivity index (χ3n) is 4.14. The lowest BCUT2D eigenvalue weighted by atomic mass is 10.2. The van der Waals surface area contributed by atoms with E-state index < -0.39 is 0 Å². The first-order valence-electron chi connectivity index (χ1n) is 8.46. The second-order valence-electron chi connectivity index (χ2n) is 5.87. The van der Waals surface area contributed by atoms with Crippen LogP contribution in [0, 0.1) is 0 Å². The van der Waals surface area contributed by atoms with E-state index in [1.165, 1.54) is 0 Å². The molecule has 1 amide bonds. The molecule has 0 radical (unpaired) electrons. The van der Waals surface area contributed by atoms with Gasteiger partial charge >= 0.3 is 0 Å². The van der Waals surface area contributed by atoms with Crippen molar-refractivity contribution in [1.29, 1.82) is 0 Å². The van der Waals surface area contributed by atoms with Crippen molar-refractivity contribution < 1.29 is 14.3 Å². The molecule has 7 heteroatoms. The first kappa shape index (κ1) is 18.4. The summed E-state index contributed by atoms with van der Waals surface area (Å²) < 4.78 is 10.6. The fourth-order valence-corrected chi connectivity index (χ4v) is 3.07. The van der Waals surface area contributed by atoms with Gasteiger partial charge in [0.1, 0.15) is 0 Å². The van der Waals surface area contributed by atoms with Gasteiger partial charge in [-0.05, 0) is 36.4 Å². The van der Waals surface area contributed by atoms with Gasteiger partial charge in [0.05, 0.1) is 37.6 Å². The number of morpholine rings is 1. The Labute approximate surface area is 158 Å². The van der Waals surface area contributed by atoms with E-state index in [1.807, 2.05) is 30.3 Å². The molecule has 0 aliphatic carbocycles. The van der Waals surface area contributed by atoms with Gasteiger partial charge in [-0.25, -0.2) is 0 Å². The molecular formula is C19H22ClN3O3. The molecule has 26 heavy (non-hydrogen) atoms. The number of para-hydroxylation sites is 1. The van der Waals surface area contributed by atoms with Gasteiger partial charge in [-0.15, -0.1) is 0 Å². The topological polar surface area (TPSA) is 62.8 Å². The minimum atomic E-state index is -0.147. The Hall–Kier alpha value is -2.44. The first-order chi connectivity index (χ1) is 12.7. The van der Waals surface area contributed by atoms with Crippen molar-refractivity contribution in [3.05, 3.63) is 47.5 Å². The quantitative estimate of drug-likeness (QED) is 0.811. The minimum absolute atomic E-state index is 0.113. The Kier molecular flexibility index (Phi) is 6.20. The summed E-state index contributed by atoms with van der Waals surface area (Å²) in [6.45, 7) is 3.38. The molecule has 0 spiro atoms. The molecule has 0 bridgehead atoms. The molecule has 2 N–H and O–H groups in total. The lowest BCUT2D eigenvalue weighted by Crippen LogP contribution is -2.36. The molecule has 1 aliphatic heterocycles. The molecule has 3 rings (SSSR count). The van der Waals surface area contributed by atoms with Crippen molar-refractivity contribution in [3.8, 4) is 5.75 Å². The highest BCUT2D eigenvalue weighted by Gasteiger charge is 2.12. The number of nitrogens with one attached hydrogen (secondary N) is 2. The van der Waals surface area contributed by atoms with Gasteiger partial charge in [0, 0.05) is 24.5 Å². The monoisotopic (exact) mass is 375 g/mol. The average Bonchev–Trinajstić information content (AvgIpc) is 2.68. The lowest BCUT2D eigenvalue weighted by Gasteiger charge is -2.28. The Bertz CT molecular complexity index is 746. The van der Waals surface area contributed by atoms with Crippen LogP contribution in [0.2, 0.25) is 5.02 Å². The summed E-state index contributed by atoms with van der Waals surface area (Å²) in [6, 6.07) is 13.2. The number of hydrogen-bond donors (Lipinski definition) is 2. The number of anilines is 3. The Morgan fingerprint density at radius 3 is 2.62 bits per heavy atom. The lowest BCUT2D eigenvalue weighted by molar-refractivity contribution is -0.114. The molecule has 6 nitrogen and oxygen atoms in total. The second-order valence-corrected chi connectivity index (χ2v) is 6.28. The number of carbonyl (C=O) groups excluding carboxylic acids is 1. The summed E-state index contributed by atoms with van der Waals surface area (Å²) in [5.41, 5.74) is 2.57. The van der Waals surface area contributed by atoms with Crippen LogP contribution in [-0.2, 0) is 9.53 Å². The maximum Gasteiger partial charge on any atom is 0.243 e. The van der Waals surface area contributed by atoms with Crippen molar-refractivity contribution in [1.82, 2.24) is 0 Å². The highest BCUT2D eigenvalue weighted by molar-refractivity contribution is 6.32. The molecule has 138 valence electrons. The zero-order chi connectivity index (χ0) is 18.4. The van der Waals surface area contributed by atoms with Crippen LogP contribution in [0.1, 0.15) is 0 Å². The predicted molar refractivity (Wildman–Crippen MR) is 105 cm³/mol. The van der Waals surface area contributed by atoms with Crippen molar-refractivity contribution >= 4 is 34.6 Å². The fourth-order valence-electron chi connectivity index (χ4n) is 2.81. The van der Waals surface area contributed by atoms with E-state index in [0.29, 0.717) is 16.5 Å². The summed E-state index contributed by atoms with van der Waals surface area (Å²) in [7, 11) is 1.54. The van der Waals surface area contributed by atoms with Crippen molar-refractivity contribution in [2.24, 2.45) is 0 Å². The van der Waals surface area contributed by atoms with E-state index in [0.717, 1.165) is 37.7 Å². The third kappa shape index (κ3) is 4.59. The maximum absolute atomic E-state index is 12.2. The first-order valence-corrected chi connectivity index (χ1v) is 8.84. The van der Waals surface area contributed by atoms with Crippen LogP contribution in [-0.4, -0.2) is 45.9 Å². The number of rotatable bonds is 6. The van der Waals surface area contributed by atoms with Gasteiger partial charge in [0.15, 0.2) is 5.75 Å². The number of nitrogens with zero attached hydrogens (tertiary/aromatic N) is 1. The third-order valence-corrected chi connectivity index (χ3v) is 4.44. The van der Waals surface area contributed by atoms with Gasteiger partial charge in [0.2, 0.25) is 5.91 Å². The molecule has 1 aliphatic rings. The number of ether oxygens (including phenoxy) is 2.